The van der Waals surface area contributed by atoms with Gasteiger partial charge < -0.3 is 10.5 Å². The summed E-state index contributed by atoms with van der Waals surface area (Å²) in [5.41, 5.74) is 5.95. The summed E-state index contributed by atoms with van der Waals surface area (Å²) in [5.74, 6) is 8.23. The molecular formula is C17H20FNO. The van der Waals surface area contributed by atoms with Gasteiger partial charge in [0.2, 0.25) is 0 Å². The van der Waals surface area contributed by atoms with Crippen LogP contribution in [-0.4, -0.2) is 13.2 Å². The lowest BCUT2D eigenvalue weighted by atomic mass is 9.89. The van der Waals surface area contributed by atoms with Gasteiger partial charge in [0.15, 0.2) is 0 Å². The first kappa shape index (κ1) is 13.5. The van der Waals surface area contributed by atoms with Crippen LogP contribution in [0.1, 0.15) is 31.2 Å². The Morgan fingerprint density at radius 2 is 2.15 bits per heavy atom. The molecule has 2 N–H and O–H groups in total. The first-order valence-corrected chi connectivity index (χ1v) is 7.37. The molecule has 2 aliphatic carbocycles. The monoisotopic (exact) mass is 273 g/mol. The third-order valence-corrected chi connectivity index (χ3v) is 4.55. The Morgan fingerprint density at radius 3 is 2.85 bits per heavy atom. The zero-order chi connectivity index (χ0) is 13.9. The molecule has 0 aromatic heterocycles. The predicted molar refractivity (Wildman–Crippen MR) is 76.8 cm³/mol. The van der Waals surface area contributed by atoms with Gasteiger partial charge in [-0.25, -0.2) is 4.39 Å². The van der Waals surface area contributed by atoms with Crippen LogP contribution >= 0.6 is 0 Å². The van der Waals surface area contributed by atoms with E-state index in [0.717, 1.165) is 11.8 Å². The molecule has 3 heteroatoms. The maximum absolute atomic E-state index is 13.5. The molecule has 3 rings (SSSR count). The van der Waals surface area contributed by atoms with Crippen LogP contribution in [0.5, 0.6) is 5.75 Å². The summed E-state index contributed by atoms with van der Waals surface area (Å²) in [5, 5.41) is 0. The fraction of sp³-hybridized carbons (Fsp3) is 0.529. The summed E-state index contributed by atoms with van der Waals surface area (Å²) >= 11 is 0. The second kappa shape index (κ2) is 5.85. The summed E-state index contributed by atoms with van der Waals surface area (Å²) in [6.07, 6.45) is 5.37. The van der Waals surface area contributed by atoms with Gasteiger partial charge in [0.1, 0.15) is 11.6 Å². The molecule has 1 aromatic rings. The highest BCUT2D eigenvalue weighted by atomic mass is 19.1. The first-order valence-electron chi connectivity index (χ1n) is 7.37. The van der Waals surface area contributed by atoms with Gasteiger partial charge >= 0.3 is 0 Å². The fourth-order valence-electron chi connectivity index (χ4n) is 3.66. The van der Waals surface area contributed by atoms with Crippen LogP contribution in [0.2, 0.25) is 0 Å². The zero-order valence-corrected chi connectivity index (χ0v) is 11.6. The van der Waals surface area contributed by atoms with Gasteiger partial charge in [-0.1, -0.05) is 18.3 Å². The zero-order valence-electron chi connectivity index (χ0n) is 11.6. The molecule has 0 spiro atoms. The quantitative estimate of drug-likeness (QED) is 0.859. The van der Waals surface area contributed by atoms with Crippen LogP contribution in [-0.2, 0) is 0 Å². The molecule has 2 fully saturated rings. The highest BCUT2D eigenvalue weighted by molar-refractivity contribution is 5.40. The Kier molecular flexibility index (Phi) is 3.93. The number of fused-ring (bicyclic) bond motifs is 2. The smallest absolute Gasteiger partial charge is 0.128 e. The van der Waals surface area contributed by atoms with E-state index in [0.29, 0.717) is 23.8 Å². The molecule has 106 valence electrons. The molecule has 2 bridgehead atoms. The number of benzene rings is 1. The van der Waals surface area contributed by atoms with Crippen LogP contribution in [0, 0.1) is 35.4 Å². The van der Waals surface area contributed by atoms with E-state index in [-0.39, 0.29) is 12.4 Å². The summed E-state index contributed by atoms with van der Waals surface area (Å²) < 4.78 is 19.3. The summed E-state index contributed by atoms with van der Waals surface area (Å²) in [6.45, 7) is 0.978. The molecule has 3 atom stereocenters. The Morgan fingerprint density at radius 1 is 1.25 bits per heavy atom. The lowest BCUT2D eigenvalue weighted by Crippen LogP contribution is -2.18. The van der Waals surface area contributed by atoms with Gasteiger partial charge in [-0.05, 0) is 49.1 Å². The van der Waals surface area contributed by atoms with E-state index >= 15 is 0 Å². The number of nitrogens with two attached hydrogens (primary N) is 1. The van der Waals surface area contributed by atoms with E-state index in [1.165, 1.54) is 37.8 Å². The fourth-order valence-corrected chi connectivity index (χ4v) is 3.66. The molecule has 2 nitrogen and oxygen atoms in total. The maximum atomic E-state index is 13.5. The van der Waals surface area contributed by atoms with Gasteiger partial charge in [-0.15, -0.1) is 0 Å². The normalized spacial score (nSPS) is 27.2. The van der Waals surface area contributed by atoms with E-state index in [1.54, 1.807) is 6.07 Å². The minimum absolute atomic E-state index is 0.276. The standard InChI is InChI=1S/C17H20FNO/c18-16-8-12(2-1-5-19)9-17(10-16)20-11-15-7-13-3-4-14(15)6-13/h8-10,13-15H,3-7,11,19H2. The van der Waals surface area contributed by atoms with Crippen molar-refractivity contribution < 1.29 is 9.13 Å². The van der Waals surface area contributed by atoms with Crippen molar-refractivity contribution in [2.75, 3.05) is 13.2 Å². The van der Waals surface area contributed by atoms with Crippen molar-refractivity contribution in [3.05, 3.63) is 29.6 Å². The van der Waals surface area contributed by atoms with E-state index in [1.807, 2.05) is 0 Å². The molecule has 3 unspecified atom stereocenters. The van der Waals surface area contributed by atoms with Crippen molar-refractivity contribution in [3.63, 3.8) is 0 Å². The number of halogens is 1. The third kappa shape index (κ3) is 2.96. The Bertz CT molecular complexity index is 546. The lowest BCUT2D eigenvalue weighted by molar-refractivity contribution is 0.194. The van der Waals surface area contributed by atoms with Gasteiger partial charge in [-0.2, -0.15) is 0 Å². The van der Waals surface area contributed by atoms with E-state index in [9.17, 15) is 4.39 Å². The van der Waals surface area contributed by atoms with E-state index in [2.05, 4.69) is 11.8 Å². The summed E-state index contributed by atoms with van der Waals surface area (Å²) in [7, 11) is 0. The van der Waals surface area contributed by atoms with Gasteiger partial charge in [0.05, 0.1) is 13.2 Å². The highest BCUT2D eigenvalue weighted by Crippen LogP contribution is 2.48. The first-order chi connectivity index (χ1) is 9.74. The van der Waals surface area contributed by atoms with Crippen LogP contribution in [0.25, 0.3) is 0 Å². The average molecular weight is 273 g/mol. The van der Waals surface area contributed by atoms with Crippen molar-refractivity contribution in [2.24, 2.45) is 23.5 Å². The Hall–Kier alpha value is -1.53. The van der Waals surface area contributed by atoms with Gasteiger partial charge in [-0.3, -0.25) is 0 Å². The lowest BCUT2D eigenvalue weighted by Gasteiger charge is -2.21. The van der Waals surface area contributed by atoms with Crippen molar-refractivity contribution in [1.82, 2.24) is 0 Å². The second-order valence-corrected chi connectivity index (χ2v) is 5.93. The molecule has 0 saturated heterocycles. The minimum atomic E-state index is -0.309. The van der Waals surface area contributed by atoms with Crippen molar-refractivity contribution in [1.29, 1.82) is 0 Å². The van der Waals surface area contributed by atoms with Crippen LogP contribution in [0.4, 0.5) is 4.39 Å². The molecule has 0 heterocycles. The van der Waals surface area contributed by atoms with Crippen molar-refractivity contribution in [2.45, 2.75) is 25.7 Å². The molecular weight excluding hydrogens is 253 g/mol. The topological polar surface area (TPSA) is 35.2 Å². The molecule has 20 heavy (non-hydrogen) atoms. The molecule has 0 aliphatic heterocycles. The largest absolute Gasteiger partial charge is 0.493 e. The number of rotatable bonds is 3. The maximum Gasteiger partial charge on any atom is 0.128 e. The molecule has 1 aromatic carbocycles. The van der Waals surface area contributed by atoms with Gasteiger partial charge in [0, 0.05) is 11.6 Å². The van der Waals surface area contributed by atoms with Crippen molar-refractivity contribution in [3.8, 4) is 17.6 Å². The van der Waals surface area contributed by atoms with Crippen LogP contribution < -0.4 is 10.5 Å². The van der Waals surface area contributed by atoms with Crippen LogP contribution in [0.15, 0.2) is 18.2 Å². The highest BCUT2D eigenvalue weighted by Gasteiger charge is 2.39. The van der Waals surface area contributed by atoms with Gasteiger partial charge in [0.25, 0.3) is 0 Å². The van der Waals surface area contributed by atoms with E-state index in [4.69, 9.17) is 10.5 Å². The van der Waals surface area contributed by atoms with Crippen LogP contribution in [0.3, 0.4) is 0 Å². The minimum Gasteiger partial charge on any atom is -0.493 e. The number of hydrogen-bond donors (Lipinski definition) is 1. The molecule has 0 radical (unpaired) electrons. The predicted octanol–water partition coefficient (Wildman–Crippen LogP) is 2.95. The second-order valence-electron chi connectivity index (χ2n) is 5.93. The summed E-state index contributed by atoms with van der Waals surface area (Å²) in [4.78, 5) is 0. The molecule has 0 amide bonds. The molecule has 2 aliphatic rings. The van der Waals surface area contributed by atoms with Crippen molar-refractivity contribution >= 4 is 0 Å². The Labute approximate surface area is 119 Å². The number of hydrogen-bond acceptors (Lipinski definition) is 2. The third-order valence-electron chi connectivity index (χ3n) is 4.55. The SMILES string of the molecule is NCC#Cc1cc(F)cc(OCC2CC3CCC2C3)c1. The summed E-state index contributed by atoms with van der Waals surface area (Å²) in [6, 6.07) is 4.63. The van der Waals surface area contributed by atoms with E-state index < -0.39 is 0 Å². The average Bonchev–Trinajstić information content (AvgIpc) is 3.05. The number of ether oxygens (including phenoxy) is 1. The Balaban J connectivity index is 1.63. The molecule has 2 saturated carbocycles.